The second kappa shape index (κ2) is 12.7. The van der Waals surface area contributed by atoms with E-state index in [-0.39, 0.29) is 6.61 Å². The van der Waals surface area contributed by atoms with Gasteiger partial charge in [0.1, 0.15) is 43.5 Å². The van der Waals surface area contributed by atoms with Crippen LogP contribution in [-0.4, -0.2) is 32.5 Å². The number of hydrogen-bond donors (Lipinski definition) is 0. The standard InChI is InChI=1S/C27H26N2O5/c1-31-27(30)23(17-28)15-20-11-13-24(14-12-20)33-18-21-7-6-10-25(16-21)34-19-26(29-32-2)22-8-4-3-5-9-22/h3-14,16,23H,15,18-19H2,1-2H3/b29-26+. The van der Waals surface area contributed by atoms with E-state index in [4.69, 9.17) is 19.6 Å². The minimum absolute atomic E-state index is 0.263. The molecule has 0 saturated carbocycles. The van der Waals surface area contributed by atoms with Crippen molar-refractivity contribution in [2.75, 3.05) is 20.8 Å². The molecule has 3 aromatic carbocycles. The Morgan fingerprint density at radius 1 is 0.912 bits per heavy atom. The third-order valence-corrected chi connectivity index (χ3v) is 4.99. The Morgan fingerprint density at radius 2 is 1.68 bits per heavy atom. The van der Waals surface area contributed by atoms with Gasteiger partial charge >= 0.3 is 5.97 Å². The summed E-state index contributed by atoms with van der Waals surface area (Å²) in [4.78, 5) is 16.6. The van der Waals surface area contributed by atoms with E-state index in [0.29, 0.717) is 30.2 Å². The number of carbonyl (C=O) groups is 1. The summed E-state index contributed by atoms with van der Waals surface area (Å²) in [6.45, 7) is 0.621. The lowest BCUT2D eigenvalue weighted by molar-refractivity contribution is -0.143. The Labute approximate surface area is 199 Å². The molecule has 1 atom stereocenters. The van der Waals surface area contributed by atoms with Crippen LogP contribution in [0.5, 0.6) is 11.5 Å². The zero-order valence-electron chi connectivity index (χ0n) is 19.1. The molecule has 0 fully saturated rings. The first kappa shape index (κ1) is 24.3. The maximum absolute atomic E-state index is 11.6. The van der Waals surface area contributed by atoms with Gasteiger partial charge in [-0.3, -0.25) is 4.79 Å². The van der Waals surface area contributed by atoms with Crippen LogP contribution in [0.1, 0.15) is 16.7 Å². The fraction of sp³-hybridized carbons (Fsp3) is 0.222. The number of hydrogen-bond acceptors (Lipinski definition) is 7. The van der Waals surface area contributed by atoms with Gasteiger partial charge in [0, 0.05) is 5.56 Å². The third-order valence-electron chi connectivity index (χ3n) is 4.99. The Balaban J connectivity index is 1.56. The highest BCUT2D eigenvalue weighted by molar-refractivity contribution is 6.01. The van der Waals surface area contributed by atoms with Crippen LogP contribution in [0.25, 0.3) is 0 Å². The van der Waals surface area contributed by atoms with Gasteiger partial charge in [-0.15, -0.1) is 0 Å². The minimum Gasteiger partial charge on any atom is -0.489 e. The molecule has 0 aliphatic heterocycles. The molecule has 0 radical (unpaired) electrons. The first-order valence-electron chi connectivity index (χ1n) is 10.7. The monoisotopic (exact) mass is 458 g/mol. The van der Waals surface area contributed by atoms with E-state index in [0.717, 1.165) is 16.7 Å². The van der Waals surface area contributed by atoms with Crippen molar-refractivity contribution in [2.24, 2.45) is 11.1 Å². The van der Waals surface area contributed by atoms with Crippen molar-refractivity contribution in [3.8, 4) is 17.6 Å². The van der Waals surface area contributed by atoms with Crippen molar-refractivity contribution in [1.29, 1.82) is 5.26 Å². The number of nitrogens with zero attached hydrogens (tertiary/aromatic N) is 2. The number of ether oxygens (including phenoxy) is 3. The summed E-state index contributed by atoms with van der Waals surface area (Å²) < 4.78 is 16.5. The van der Waals surface area contributed by atoms with Crippen LogP contribution in [0, 0.1) is 17.2 Å². The first-order valence-corrected chi connectivity index (χ1v) is 10.7. The van der Waals surface area contributed by atoms with Gasteiger partial charge in [-0.1, -0.05) is 59.8 Å². The zero-order chi connectivity index (χ0) is 24.2. The summed E-state index contributed by atoms with van der Waals surface area (Å²) in [5.41, 5.74) is 3.42. The van der Waals surface area contributed by atoms with E-state index in [1.807, 2.05) is 84.9 Å². The minimum atomic E-state index is -0.823. The van der Waals surface area contributed by atoms with E-state index in [2.05, 4.69) is 9.89 Å². The highest BCUT2D eigenvalue weighted by atomic mass is 16.6. The van der Waals surface area contributed by atoms with Crippen LogP contribution >= 0.6 is 0 Å². The highest BCUT2D eigenvalue weighted by Crippen LogP contribution is 2.19. The molecule has 0 bridgehead atoms. The summed E-state index contributed by atoms with van der Waals surface area (Å²) >= 11 is 0. The number of oxime groups is 1. The summed E-state index contributed by atoms with van der Waals surface area (Å²) in [5, 5.41) is 13.2. The van der Waals surface area contributed by atoms with Crippen LogP contribution in [-0.2, 0) is 27.4 Å². The van der Waals surface area contributed by atoms with Gasteiger partial charge in [0.05, 0.1) is 13.2 Å². The molecule has 0 heterocycles. The molecule has 7 heteroatoms. The highest BCUT2D eigenvalue weighted by Gasteiger charge is 2.18. The normalized spacial score (nSPS) is 11.7. The molecule has 1 unspecified atom stereocenters. The van der Waals surface area contributed by atoms with Crippen LogP contribution in [0.2, 0.25) is 0 Å². The Bertz CT molecular complexity index is 1140. The summed E-state index contributed by atoms with van der Waals surface area (Å²) in [6.07, 6.45) is 0.292. The Morgan fingerprint density at radius 3 is 2.35 bits per heavy atom. The maximum Gasteiger partial charge on any atom is 0.323 e. The molecule has 34 heavy (non-hydrogen) atoms. The smallest absolute Gasteiger partial charge is 0.323 e. The summed E-state index contributed by atoms with van der Waals surface area (Å²) in [7, 11) is 2.79. The molecule has 0 N–H and O–H groups in total. The lowest BCUT2D eigenvalue weighted by Crippen LogP contribution is -2.16. The van der Waals surface area contributed by atoms with Crippen molar-refractivity contribution >= 4 is 11.7 Å². The fourth-order valence-electron chi connectivity index (χ4n) is 3.23. The SMILES string of the molecule is CO/N=C(\COc1cccc(COc2ccc(CC(C#N)C(=O)OC)cc2)c1)c1ccccc1. The van der Waals surface area contributed by atoms with E-state index < -0.39 is 11.9 Å². The van der Waals surface area contributed by atoms with Crippen molar-refractivity contribution in [3.63, 3.8) is 0 Å². The van der Waals surface area contributed by atoms with Crippen molar-refractivity contribution in [3.05, 3.63) is 95.6 Å². The third kappa shape index (κ3) is 7.10. The number of benzene rings is 3. The molecule has 7 nitrogen and oxygen atoms in total. The van der Waals surface area contributed by atoms with E-state index in [1.165, 1.54) is 14.2 Å². The number of nitriles is 1. The lowest BCUT2D eigenvalue weighted by atomic mass is 10.0. The van der Waals surface area contributed by atoms with Gasteiger partial charge in [-0.05, 0) is 41.8 Å². The predicted octanol–water partition coefficient (Wildman–Crippen LogP) is 4.55. The number of carbonyl (C=O) groups excluding carboxylic acids is 1. The van der Waals surface area contributed by atoms with E-state index >= 15 is 0 Å². The molecular formula is C27H26N2O5. The van der Waals surface area contributed by atoms with E-state index in [1.54, 1.807) is 0 Å². The van der Waals surface area contributed by atoms with E-state index in [9.17, 15) is 4.79 Å². The topological polar surface area (TPSA) is 90.1 Å². The second-order valence-corrected chi connectivity index (χ2v) is 7.36. The molecule has 0 spiro atoms. The quantitative estimate of drug-likeness (QED) is 0.238. The summed E-state index contributed by atoms with van der Waals surface area (Å²) in [6, 6.07) is 26.6. The number of methoxy groups -OCH3 is 1. The van der Waals surface area contributed by atoms with Gasteiger partial charge in [0.15, 0.2) is 0 Å². The molecule has 0 aromatic heterocycles. The molecule has 174 valence electrons. The average Bonchev–Trinajstić information content (AvgIpc) is 2.89. The zero-order valence-corrected chi connectivity index (χ0v) is 19.1. The molecule has 0 aliphatic rings. The van der Waals surface area contributed by atoms with Gasteiger partial charge in [-0.2, -0.15) is 5.26 Å². The maximum atomic E-state index is 11.6. The summed E-state index contributed by atoms with van der Waals surface area (Å²) in [5.74, 6) is 0.0203. The van der Waals surface area contributed by atoms with Crippen LogP contribution in [0.3, 0.4) is 0 Å². The van der Waals surface area contributed by atoms with Crippen LogP contribution < -0.4 is 9.47 Å². The second-order valence-electron chi connectivity index (χ2n) is 7.36. The van der Waals surface area contributed by atoms with Crippen LogP contribution in [0.15, 0.2) is 84.0 Å². The van der Waals surface area contributed by atoms with Crippen molar-refractivity contribution < 1.29 is 23.8 Å². The Kier molecular flexibility index (Phi) is 9.06. The van der Waals surface area contributed by atoms with Gasteiger partial charge in [-0.25, -0.2) is 0 Å². The Hall–Kier alpha value is -4.31. The molecule has 0 aliphatic carbocycles. The predicted molar refractivity (Wildman–Crippen MR) is 128 cm³/mol. The van der Waals surface area contributed by atoms with Gasteiger partial charge in [0.2, 0.25) is 0 Å². The van der Waals surface area contributed by atoms with Crippen molar-refractivity contribution in [1.82, 2.24) is 0 Å². The molecule has 0 amide bonds. The molecule has 0 saturated heterocycles. The number of rotatable bonds is 11. The fourth-order valence-corrected chi connectivity index (χ4v) is 3.23. The molecule has 3 aromatic rings. The van der Waals surface area contributed by atoms with Crippen molar-refractivity contribution in [2.45, 2.75) is 13.0 Å². The first-order chi connectivity index (χ1) is 16.6. The van der Waals surface area contributed by atoms with Gasteiger partial charge in [0.25, 0.3) is 0 Å². The largest absolute Gasteiger partial charge is 0.489 e. The molecule has 3 rings (SSSR count). The average molecular weight is 459 g/mol. The lowest BCUT2D eigenvalue weighted by Gasteiger charge is -2.11. The number of esters is 1. The molecular weight excluding hydrogens is 432 g/mol. The van der Waals surface area contributed by atoms with Crippen LogP contribution in [0.4, 0.5) is 0 Å². The van der Waals surface area contributed by atoms with Gasteiger partial charge < -0.3 is 19.0 Å².